The second-order valence-electron chi connectivity index (χ2n) is 8.36. The molecule has 0 spiro atoms. The Labute approximate surface area is 193 Å². The van der Waals surface area contributed by atoms with Crippen molar-refractivity contribution in [3.05, 3.63) is 53.0 Å². The van der Waals surface area contributed by atoms with E-state index in [1.807, 2.05) is 0 Å². The number of Topliss-reactive ketones (excluding diaryl/α,β-unsaturated/α-hetero) is 1. The lowest BCUT2D eigenvalue weighted by Gasteiger charge is -2.24. The number of ether oxygens (including phenoxy) is 2. The van der Waals surface area contributed by atoms with Crippen LogP contribution in [0.1, 0.15) is 43.4 Å². The van der Waals surface area contributed by atoms with Crippen LogP contribution in [-0.2, 0) is 9.59 Å². The molecule has 2 aliphatic heterocycles. The molecule has 4 rings (SSSR count). The number of ketones is 1. The topological polar surface area (TPSA) is 93.7 Å². The zero-order chi connectivity index (χ0) is 23.5. The third-order valence-corrected chi connectivity index (χ3v) is 6.32. The molecule has 0 aliphatic carbocycles. The largest absolute Gasteiger partial charge is 0.507 e. The zero-order valence-electron chi connectivity index (χ0n) is 19.3. The lowest BCUT2D eigenvalue weighted by molar-refractivity contribution is -0.896. The van der Waals surface area contributed by atoms with Gasteiger partial charge in [0, 0.05) is 18.5 Å². The van der Waals surface area contributed by atoms with Gasteiger partial charge in [-0.15, -0.1) is 0 Å². The minimum Gasteiger partial charge on any atom is -0.507 e. The highest BCUT2D eigenvalue weighted by atomic mass is 16.6. The number of carbonyl (C=O) groups excluding carboxylic acids is 2. The van der Waals surface area contributed by atoms with Crippen molar-refractivity contribution in [2.24, 2.45) is 0 Å². The van der Waals surface area contributed by atoms with Crippen molar-refractivity contribution in [1.82, 2.24) is 4.90 Å². The Morgan fingerprint density at radius 1 is 1.09 bits per heavy atom. The number of nitrogens with one attached hydrogen (secondary N) is 1. The summed E-state index contributed by atoms with van der Waals surface area (Å²) in [7, 11) is 0. The van der Waals surface area contributed by atoms with Gasteiger partial charge < -0.3 is 28.8 Å². The van der Waals surface area contributed by atoms with E-state index in [-0.39, 0.29) is 11.3 Å². The van der Waals surface area contributed by atoms with Crippen molar-refractivity contribution in [2.75, 3.05) is 39.4 Å². The molecule has 1 amide bonds. The number of hydrogen-bond acceptors (Lipinski definition) is 6. The third-order valence-electron chi connectivity index (χ3n) is 6.32. The summed E-state index contributed by atoms with van der Waals surface area (Å²) in [6, 6.07) is 7.75. The van der Waals surface area contributed by atoms with Crippen LogP contribution in [0.15, 0.2) is 40.3 Å². The van der Waals surface area contributed by atoms with Crippen LogP contribution in [0.25, 0.3) is 5.76 Å². The van der Waals surface area contributed by atoms with E-state index in [1.54, 1.807) is 37.3 Å². The fourth-order valence-corrected chi connectivity index (χ4v) is 4.46. The molecule has 3 heterocycles. The number of amides is 1. The Kier molecular flexibility index (Phi) is 6.74. The molecule has 1 atom stereocenters. The van der Waals surface area contributed by atoms with Crippen LogP contribution in [0.3, 0.4) is 0 Å². The monoisotopic (exact) mass is 455 g/mol. The number of aliphatic hydroxyl groups excluding tert-OH is 1. The molecule has 2 aliphatic rings. The average Bonchev–Trinajstić information content (AvgIpc) is 3.37. The highest BCUT2D eigenvalue weighted by molar-refractivity contribution is 6.46. The highest BCUT2D eigenvalue weighted by Crippen LogP contribution is 2.41. The lowest BCUT2D eigenvalue weighted by atomic mass is 9.99. The summed E-state index contributed by atoms with van der Waals surface area (Å²) in [5, 5.41) is 11.2. The Bertz CT molecular complexity index is 1070. The second kappa shape index (κ2) is 9.70. The van der Waals surface area contributed by atoms with Gasteiger partial charge in [0.15, 0.2) is 11.5 Å². The fourth-order valence-electron chi connectivity index (χ4n) is 4.46. The summed E-state index contributed by atoms with van der Waals surface area (Å²) < 4.78 is 17.0. The minimum absolute atomic E-state index is 0.0289. The van der Waals surface area contributed by atoms with E-state index >= 15 is 0 Å². The summed E-state index contributed by atoms with van der Waals surface area (Å²) >= 11 is 0. The number of carbonyl (C=O) groups is 2. The average molecular weight is 456 g/mol. The van der Waals surface area contributed by atoms with Gasteiger partial charge >= 0.3 is 0 Å². The maximum atomic E-state index is 13.1. The Morgan fingerprint density at radius 3 is 2.48 bits per heavy atom. The number of nitrogens with zero attached hydrogens (tertiary/aromatic N) is 1. The van der Waals surface area contributed by atoms with Crippen LogP contribution in [0.5, 0.6) is 11.5 Å². The lowest BCUT2D eigenvalue weighted by Crippen LogP contribution is -3.11. The molecular formula is C25H31N2O6+. The number of likely N-dealkylation sites (tertiary alicyclic amines) is 1. The molecule has 0 radical (unpaired) electrons. The van der Waals surface area contributed by atoms with E-state index in [1.165, 1.54) is 9.80 Å². The van der Waals surface area contributed by atoms with Crippen LogP contribution in [0, 0.1) is 6.92 Å². The van der Waals surface area contributed by atoms with Gasteiger partial charge in [-0.3, -0.25) is 9.59 Å². The molecule has 0 unspecified atom stereocenters. The first-order valence-electron chi connectivity index (χ1n) is 11.5. The Hall–Kier alpha value is -3.26. The second-order valence-corrected chi connectivity index (χ2v) is 8.36. The number of rotatable bonds is 8. The van der Waals surface area contributed by atoms with Crippen LogP contribution in [0.2, 0.25) is 0 Å². The summed E-state index contributed by atoms with van der Waals surface area (Å²) in [4.78, 5) is 29.1. The van der Waals surface area contributed by atoms with E-state index in [9.17, 15) is 14.7 Å². The van der Waals surface area contributed by atoms with E-state index in [4.69, 9.17) is 13.9 Å². The Morgan fingerprint density at radius 2 is 1.82 bits per heavy atom. The van der Waals surface area contributed by atoms with Crippen molar-refractivity contribution in [3.8, 4) is 11.5 Å². The number of benzene rings is 1. The molecule has 1 aromatic carbocycles. The van der Waals surface area contributed by atoms with E-state index in [2.05, 4.69) is 13.8 Å². The van der Waals surface area contributed by atoms with Crippen LogP contribution in [-0.4, -0.2) is 61.1 Å². The molecule has 176 valence electrons. The molecular weight excluding hydrogens is 424 g/mol. The van der Waals surface area contributed by atoms with E-state index in [0.717, 1.165) is 26.1 Å². The van der Waals surface area contributed by atoms with Gasteiger partial charge in [0.25, 0.3) is 11.7 Å². The van der Waals surface area contributed by atoms with Gasteiger partial charge in [-0.05, 0) is 51.1 Å². The van der Waals surface area contributed by atoms with Gasteiger partial charge in [-0.2, -0.15) is 0 Å². The van der Waals surface area contributed by atoms with E-state index in [0.29, 0.717) is 48.3 Å². The first-order chi connectivity index (χ1) is 15.9. The Balaban J connectivity index is 1.71. The van der Waals surface area contributed by atoms with Gasteiger partial charge in [0.1, 0.15) is 36.5 Å². The third kappa shape index (κ3) is 4.48. The predicted molar refractivity (Wildman–Crippen MR) is 121 cm³/mol. The smallest absolute Gasteiger partial charge is 0.295 e. The molecule has 2 aromatic rings. The number of furan rings is 1. The minimum atomic E-state index is -0.779. The molecule has 8 heteroatoms. The molecule has 33 heavy (non-hydrogen) atoms. The molecule has 8 nitrogen and oxygen atoms in total. The molecule has 1 fully saturated rings. The van der Waals surface area contributed by atoms with Crippen LogP contribution >= 0.6 is 0 Å². The number of aryl methyl sites for hydroxylation is 1. The fraction of sp³-hybridized carbons (Fsp3) is 0.440. The highest BCUT2D eigenvalue weighted by Gasteiger charge is 2.47. The summed E-state index contributed by atoms with van der Waals surface area (Å²) in [5.41, 5.74) is 0.416. The van der Waals surface area contributed by atoms with Gasteiger partial charge in [0.2, 0.25) is 0 Å². The molecule has 0 bridgehead atoms. The maximum Gasteiger partial charge on any atom is 0.295 e. The normalized spacial score (nSPS) is 19.5. The van der Waals surface area contributed by atoms with Crippen molar-refractivity contribution in [3.63, 3.8) is 0 Å². The van der Waals surface area contributed by atoms with Crippen molar-refractivity contribution in [2.45, 2.75) is 33.2 Å². The standard InChI is InChI=1S/C25H30N2O6/c1-4-26(5-2)11-6-12-27-22(19-9-7-16(3)33-19)21(24(29)25(27)30)23(28)17-8-10-18-20(15-17)32-14-13-31-18/h7-10,15,22,28H,4-6,11-14H2,1-3H3/p+1/b23-21-/t22-/m0/s1. The molecule has 1 aromatic heterocycles. The van der Waals surface area contributed by atoms with Crippen molar-refractivity contribution >= 4 is 17.4 Å². The summed E-state index contributed by atoms with van der Waals surface area (Å²) in [6.45, 7) is 10.2. The molecule has 1 saturated heterocycles. The number of fused-ring (bicyclic) bond motifs is 1. The van der Waals surface area contributed by atoms with Gasteiger partial charge in [-0.1, -0.05) is 0 Å². The quantitative estimate of drug-likeness (QED) is 0.360. The van der Waals surface area contributed by atoms with Crippen molar-refractivity contribution in [1.29, 1.82) is 0 Å². The SMILES string of the molecule is CC[NH+](CC)CCCN1C(=O)C(=O)/C(=C(\O)c2ccc3c(c2)OCCO3)[C@@H]1c1ccc(C)o1. The van der Waals surface area contributed by atoms with Gasteiger partial charge in [0.05, 0.1) is 25.2 Å². The zero-order valence-corrected chi connectivity index (χ0v) is 19.3. The number of aliphatic hydroxyl groups is 1. The molecule has 2 N–H and O–H groups in total. The number of quaternary nitrogens is 1. The van der Waals surface area contributed by atoms with Crippen LogP contribution < -0.4 is 14.4 Å². The summed E-state index contributed by atoms with van der Waals surface area (Å²) in [6.07, 6.45) is 0.740. The van der Waals surface area contributed by atoms with Crippen LogP contribution in [0.4, 0.5) is 0 Å². The first-order valence-corrected chi connectivity index (χ1v) is 11.5. The van der Waals surface area contributed by atoms with Crippen molar-refractivity contribution < 1.29 is 33.5 Å². The maximum absolute atomic E-state index is 13.1. The predicted octanol–water partition coefficient (Wildman–Crippen LogP) is 2.10. The van der Waals surface area contributed by atoms with Gasteiger partial charge in [-0.25, -0.2) is 0 Å². The van der Waals surface area contributed by atoms with E-state index < -0.39 is 17.7 Å². The first kappa shape index (κ1) is 22.9. The molecule has 0 saturated carbocycles. The number of hydrogen-bond donors (Lipinski definition) is 2. The summed E-state index contributed by atoms with van der Waals surface area (Å²) in [5.74, 6) is 0.617.